The summed E-state index contributed by atoms with van der Waals surface area (Å²) >= 11 is 2.76. The van der Waals surface area contributed by atoms with E-state index in [4.69, 9.17) is 5.11 Å². The summed E-state index contributed by atoms with van der Waals surface area (Å²) < 4.78 is 0. The van der Waals surface area contributed by atoms with Crippen molar-refractivity contribution in [3.8, 4) is 0 Å². The lowest BCUT2D eigenvalue weighted by atomic mass is 10.2. The Morgan fingerprint density at radius 2 is 2.04 bits per heavy atom. The summed E-state index contributed by atoms with van der Waals surface area (Å²) in [5.41, 5.74) is 0.771. The average Bonchev–Trinajstić information content (AvgIpc) is 2.79. The number of carboxylic acid groups (broad SMARTS) is 1. The number of aliphatic carboxylic acids is 1. The van der Waals surface area contributed by atoms with Crippen molar-refractivity contribution >= 4 is 45.2 Å². The van der Waals surface area contributed by atoms with Crippen LogP contribution in [0.15, 0.2) is 4.79 Å². The Kier molecular flexibility index (Phi) is 5.66. The number of aromatic nitrogens is 2. The largest absolute Gasteiger partial charge is 0.480 e. The van der Waals surface area contributed by atoms with E-state index in [-0.39, 0.29) is 11.5 Å². The molecule has 130 valence electrons. The van der Waals surface area contributed by atoms with Gasteiger partial charge in [-0.25, -0.2) is 4.98 Å². The lowest BCUT2D eigenvalue weighted by Gasteiger charge is -2.14. The zero-order chi connectivity index (χ0) is 18.0. The van der Waals surface area contributed by atoms with Crippen LogP contribution in [0.25, 0.3) is 10.2 Å². The van der Waals surface area contributed by atoms with E-state index in [1.54, 1.807) is 6.92 Å². The predicted octanol–water partition coefficient (Wildman–Crippen LogP) is 1.81. The highest BCUT2D eigenvalue weighted by molar-refractivity contribution is 7.99. The fourth-order valence-electron chi connectivity index (χ4n) is 2.04. The van der Waals surface area contributed by atoms with Gasteiger partial charge in [-0.2, -0.15) is 0 Å². The Hall–Kier alpha value is -1.87. The van der Waals surface area contributed by atoms with Gasteiger partial charge in [-0.15, -0.1) is 23.1 Å². The molecule has 0 radical (unpaired) electrons. The first kappa shape index (κ1) is 18.5. The molecule has 0 aromatic carbocycles. The van der Waals surface area contributed by atoms with E-state index in [0.29, 0.717) is 21.8 Å². The fraction of sp³-hybridized carbons (Fsp3) is 0.467. The van der Waals surface area contributed by atoms with Gasteiger partial charge < -0.3 is 15.4 Å². The molecular formula is C15H19N3O4S2. The molecule has 2 aromatic heterocycles. The summed E-state index contributed by atoms with van der Waals surface area (Å²) in [4.78, 5) is 43.8. The number of rotatable bonds is 6. The van der Waals surface area contributed by atoms with Gasteiger partial charge in [-0.05, 0) is 33.3 Å². The van der Waals surface area contributed by atoms with Crippen LogP contribution in [-0.4, -0.2) is 38.2 Å². The fourth-order valence-corrected chi connectivity index (χ4v) is 3.85. The Morgan fingerprint density at radius 1 is 1.38 bits per heavy atom. The third-order valence-electron chi connectivity index (χ3n) is 3.66. The maximum Gasteiger partial charge on any atom is 0.325 e. The molecule has 1 amide bonds. The van der Waals surface area contributed by atoms with Gasteiger partial charge in [0.2, 0.25) is 5.91 Å². The van der Waals surface area contributed by atoms with Crippen LogP contribution in [0.5, 0.6) is 0 Å². The monoisotopic (exact) mass is 369 g/mol. The number of nitrogens with one attached hydrogen (secondary N) is 2. The third-order valence-corrected chi connectivity index (χ3v) is 5.91. The molecule has 0 saturated carbocycles. The summed E-state index contributed by atoms with van der Waals surface area (Å²) in [6, 6.07) is -0.938. The van der Waals surface area contributed by atoms with Gasteiger partial charge in [0.15, 0.2) is 0 Å². The van der Waals surface area contributed by atoms with Crippen LogP contribution in [0.2, 0.25) is 0 Å². The average molecular weight is 369 g/mol. The Balaban J connectivity index is 2.06. The van der Waals surface area contributed by atoms with Crippen molar-refractivity contribution in [1.82, 2.24) is 15.3 Å². The van der Waals surface area contributed by atoms with Crippen molar-refractivity contribution < 1.29 is 14.7 Å². The Labute approximate surface area is 146 Å². The van der Waals surface area contributed by atoms with Gasteiger partial charge in [0.1, 0.15) is 16.7 Å². The lowest BCUT2D eigenvalue weighted by molar-refractivity contribution is -0.141. The molecule has 24 heavy (non-hydrogen) atoms. The second-order valence-electron chi connectivity index (χ2n) is 5.50. The Morgan fingerprint density at radius 3 is 2.67 bits per heavy atom. The number of thioether (sulfide) groups is 1. The molecule has 0 fully saturated rings. The van der Waals surface area contributed by atoms with Crippen molar-refractivity contribution in [2.75, 3.05) is 0 Å². The van der Waals surface area contributed by atoms with Gasteiger partial charge in [0.05, 0.1) is 16.4 Å². The van der Waals surface area contributed by atoms with Gasteiger partial charge in [0, 0.05) is 4.88 Å². The van der Waals surface area contributed by atoms with Crippen molar-refractivity contribution in [1.29, 1.82) is 0 Å². The Bertz CT molecular complexity index is 843. The molecule has 3 N–H and O–H groups in total. The van der Waals surface area contributed by atoms with E-state index in [2.05, 4.69) is 15.3 Å². The number of aryl methyl sites for hydroxylation is 2. The molecule has 2 rings (SSSR count). The minimum atomic E-state index is -1.08. The van der Waals surface area contributed by atoms with Crippen molar-refractivity contribution in [3.63, 3.8) is 0 Å². The highest BCUT2D eigenvalue weighted by atomic mass is 32.2. The zero-order valence-electron chi connectivity index (χ0n) is 13.8. The lowest BCUT2D eigenvalue weighted by Crippen LogP contribution is -2.42. The summed E-state index contributed by atoms with van der Waals surface area (Å²) in [6.07, 6.45) is 0. The number of carboxylic acids is 1. The van der Waals surface area contributed by atoms with Crippen LogP contribution in [0, 0.1) is 13.8 Å². The van der Waals surface area contributed by atoms with Gasteiger partial charge >= 0.3 is 5.97 Å². The molecule has 0 bridgehead atoms. The van der Waals surface area contributed by atoms with Crippen molar-refractivity contribution in [2.24, 2.45) is 0 Å². The maximum absolute atomic E-state index is 12.2. The van der Waals surface area contributed by atoms with Gasteiger partial charge in [0.25, 0.3) is 5.56 Å². The standard InChI is InChI=1S/C15H19N3O4S2/c1-6-8(3)24-14-11(6)13(20)17-10(18-14)5-23-9(4)12(19)16-7(2)15(21)22/h7,9H,5H2,1-4H3,(H,16,19)(H,21,22)(H,17,18,20)/t7-,9?/m0/s1. The first-order valence-corrected chi connectivity index (χ1v) is 9.21. The molecule has 2 aromatic rings. The van der Waals surface area contributed by atoms with E-state index in [9.17, 15) is 14.4 Å². The summed E-state index contributed by atoms with van der Waals surface area (Å²) in [6.45, 7) is 6.94. The third kappa shape index (κ3) is 3.96. The van der Waals surface area contributed by atoms with Crippen LogP contribution in [-0.2, 0) is 15.3 Å². The molecule has 1 unspecified atom stereocenters. The first-order chi connectivity index (χ1) is 11.2. The minimum Gasteiger partial charge on any atom is -0.480 e. The van der Waals surface area contributed by atoms with Gasteiger partial charge in [-0.3, -0.25) is 14.4 Å². The number of H-pyrrole nitrogens is 1. The summed E-state index contributed by atoms with van der Waals surface area (Å²) in [5, 5.41) is 11.4. The quantitative estimate of drug-likeness (QED) is 0.716. The summed E-state index contributed by atoms with van der Waals surface area (Å²) in [7, 11) is 0. The van der Waals surface area contributed by atoms with Crippen LogP contribution in [0.4, 0.5) is 0 Å². The van der Waals surface area contributed by atoms with E-state index in [1.165, 1.54) is 30.0 Å². The SMILES string of the molecule is Cc1sc2nc(CSC(C)C(=O)N[C@@H](C)C(=O)O)[nH]c(=O)c2c1C. The molecule has 0 aliphatic carbocycles. The molecule has 2 heterocycles. The number of carbonyl (C=O) groups is 2. The summed E-state index contributed by atoms with van der Waals surface area (Å²) in [5.74, 6) is -0.580. The van der Waals surface area contributed by atoms with Crippen LogP contribution in [0.3, 0.4) is 0 Å². The molecule has 9 heteroatoms. The zero-order valence-corrected chi connectivity index (χ0v) is 15.4. The molecule has 0 saturated heterocycles. The predicted molar refractivity (Wildman–Crippen MR) is 95.7 cm³/mol. The van der Waals surface area contributed by atoms with E-state index in [1.807, 2.05) is 13.8 Å². The number of nitrogens with zero attached hydrogens (tertiary/aromatic N) is 1. The number of fused-ring (bicyclic) bond motifs is 1. The number of hydrogen-bond donors (Lipinski definition) is 3. The molecule has 2 atom stereocenters. The molecular weight excluding hydrogens is 350 g/mol. The maximum atomic E-state index is 12.2. The topological polar surface area (TPSA) is 112 Å². The van der Waals surface area contributed by atoms with E-state index in [0.717, 1.165) is 10.4 Å². The highest BCUT2D eigenvalue weighted by Crippen LogP contribution is 2.26. The first-order valence-electron chi connectivity index (χ1n) is 7.34. The van der Waals surface area contributed by atoms with Crippen molar-refractivity contribution in [3.05, 3.63) is 26.6 Å². The number of amides is 1. The second kappa shape index (κ2) is 7.35. The van der Waals surface area contributed by atoms with Gasteiger partial charge in [-0.1, -0.05) is 0 Å². The highest BCUT2D eigenvalue weighted by Gasteiger charge is 2.20. The van der Waals surface area contributed by atoms with Crippen LogP contribution < -0.4 is 10.9 Å². The van der Waals surface area contributed by atoms with Crippen molar-refractivity contribution in [2.45, 2.75) is 44.7 Å². The number of aromatic amines is 1. The normalized spacial score (nSPS) is 13.7. The minimum absolute atomic E-state index is 0.172. The number of hydrogen-bond acceptors (Lipinski definition) is 6. The number of thiophene rings is 1. The molecule has 0 aliphatic rings. The van der Waals surface area contributed by atoms with Crippen LogP contribution in [0.1, 0.15) is 30.1 Å². The molecule has 0 aliphatic heterocycles. The molecule has 0 spiro atoms. The van der Waals surface area contributed by atoms with E-state index < -0.39 is 17.3 Å². The molecule has 7 nitrogen and oxygen atoms in total. The second-order valence-corrected chi connectivity index (χ2v) is 8.03. The number of carbonyl (C=O) groups excluding carboxylic acids is 1. The van der Waals surface area contributed by atoms with Crippen LogP contribution >= 0.6 is 23.1 Å². The van der Waals surface area contributed by atoms with E-state index >= 15 is 0 Å². The smallest absolute Gasteiger partial charge is 0.325 e.